The SMILES string of the molecule is O=C(Cn1nc(-c2cccs2)ccc1=O)N[C@@H]1CCS(=O)(=O)C1. The predicted molar refractivity (Wildman–Crippen MR) is 87.0 cm³/mol. The highest BCUT2D eigenvalue weighted by Gasteiger charge is 2.28. The minimum atomic E-state index is -3.06. The highest BCUT2D eigenvalue weighted by atomic mass is 32.2. The summed E-state index contributed by atoms with van der Waals surface area (Å²) >= 11 is 1.49. The van der Waals surface area contributed by atoms with Crippen LogP contribution in [0.1, 0.15) is 6.42 Å². The van der Waals surface area contributed by atoms with E-state index >= 15 is 0 Å². The van der Waals surface area contributed by atoms with Crippen molar-refractivity contribution in [2.24, 2.45) is 0 Å². The van der Waals surface area contributed by atoms with Crippen LogP contribution < -0.4 is 10.9 Å². The van der Waals surface area contributed by atoms with E-state index in [0.717, 1.165) is 9.56 Å². The molecule has 1 saturated heterocycles. The third-order valence-electron chi connectivity index (χ3n) is 3.53. The Balaban J connectivity index is 1.71. The van der Waals surface area contributed by atoms with Crippen LogP contribution in [0.25, 0.3) is 10.6 Å². The first kappa shape index (κ1) is 15.9. The van der Waals surface area contributed by atoms with Crippen molar-refractivity contribution in [3.63, 3.8) is 0 Å². The Hall–Kier alpha value is -2.00. The molecule has 0 spiro atoms. The second-order valence-corrected chi connectivity index (χ2v) is 8.54. The van der Waals surface area contributed by atoms with Crippen molar-refractivity contribution >= 4 is 27.1 Å². The molecule has 7 nitrogen and oxygen atoms in total. The fraction of sp³-hybridized carbons (Fsp3) is 0.357. The van der Waals surface area contributed by atoms with Crippen LogP contribution in [0.15, 0.2) is 34.4 Å². The van der Waals surface area contributed by atoms with Crippen LogP contribution in [0.4, 0.5) is 0 Å². The number of carbonyl (C=O) groups is 1. The van der Waals surface area contributed by atoms with Crippen LogP contribution >= 0.6 is 11.3 Å². The van der Waals surface area contributed by atoms with Gasteiger partial charge in [0.2, 0.25) is 5.91 Å². The third kappa shape index (κ3) is 3.85. The van der Waals surface area contributed by atoms with Gasteiger partial charge in [-0.25, -0.2) is 13.1 Å². The molecule has 0 aromatic carbocycles. The summed E-state index contributed by atoms with van der Waals surface area (Å²) in [4.78, 5) is 24.8. The number of rotatable bonds is 4. The quantitative estimate of drug-likeness (QED) is 0.851. The Morgan fingerprint density at radius 3 is 2.87 bits per heavy atom. The van der Waals surface area contributed by atoms with Crippen LogP contribution in [0.5, 0.6) is 0 Å². The van der Waals surface area contributed by atoms with Gasteiger partial charge in [0, 0.05) is 12.1 Å². The summed E-state index contributed by atoms with van der Waals surface area (Å²) in [5.41, 5.74) is 0.246. The Morgan fingerprint density at radius 2 is 2.22 bits per heavy atom. The average molecular weight is 353 g/mol. The third-order valence-corrected chi connectivity index (χ3v) is 6.19. The molecule has 0 aliphatic carbocycles. The number of nitrogens with one attached hydrogen (secondary N) is 1. The lowest BCUT2D eigenvalue weighted by Crippen LogP contribution is -2.40. The fourth-order valence-electron chi connectivity index (χ4n) is 2.44. The molecule has 1 amide bonds. The Kier molecular flexibility index (Phi) is 4.31. The van der Waals surface area contributed by atoms with E-state index < -0.39 is 15.7 Å². The zero-order valence-electron chi connectivity index (χ0n) is 12.1. The maximum atomic E-state index is 12.0. The second-order valence-electron chi connectivity index (χ2n) is 5.36. The van der Waals surface area contributed by atoms with Crippen LogP contribution in [0.3, 0.4) is 0 Å². The molecule has 3 rings (SSSR count). The fourth-order valence-corrected chi connectivity index (χ4v) is 4.80. The smallest absolute Gasteiger partial charge is 0.267 e. The molecule has 9 heteroatoms. The summed E-state index contributed by atoms with van der Waals surface area (Å²) in [6.07, 6.45) is 0.408. The van der Waals surface area contributed by atoms with Crippen molar-refractivity contribution < 1.29 is 13.2 Å². The lowest BCUT2D eigenvalue weighted by atomic mass is 10.2. The zero-order chi connectivity index (χ0) is 16.4. The van der Waals surface area contributed by atoms with E-state index in [1.54, 1.807) is 6.07 Å². The molecule has 0 radical (unpaired) electrons. The van der Waals surface area contributed by atoms with Gasteiger partial charge in [-0.15, -0.1) is 11.3 Å². The number of hydrogen-bond donors (Lipinski definition) is 1. The summed E-state index contributed by atoms with van der Waals surface area (Å²) in [6, 6.07) is 6.36. The molecule has 1 aliphatic rings. The van der Waals surface area contributed by atoms with Gasteiger partial charge in [-0.2, -0.15) is 5.10 Å². The summed E-state index contributed by atoms with van der Waals surface area (Å²) in [6.45, 7) is -0.228. The molecule has 0 unspecified atom stereocenters. The van der Waals surface area contributed by atoms with Gasteiger partial charge < -0.3 is 5.32 Å². The van der Waals surface area contributed by atoms with Crippen LogP contribution in [-0.2, 0) is 21.2 Å². The summed E-state index contributed by atoms with van der Waals surface area (Å²) < 4.78 is 23.9. The molecular weight excluding hydrogens is 338 g/mol. The first-order chi connectivity index (χ1) is 10.9. The van der Waals surface area contributed by atoms with Crippen LogP contribution in [-0.4, -0.2) is 41.7 Å². The molecular formula is C14H15N3O4S2. The molecule has 1 aliphatic heterocycles. The van der Waals surface area contributed by atoms with Gasteiger partial charge in [0.25, 0.3) is 5.56 Å². The normalized spacial score (nSPS) is 19.6. The van der Waals surface area contributed by atoms with Crippen molar-refractivity contribution in [1.29, 1.82) is 0 Å². The minimum absolute atomic E-state index is 0.0453. The van der Waals surface area contributed by atoms with Crippen molar-refractivity contribution in [3.05, 3.63) is 40.0 Å². The standard InChI is InChI=1S/C14H15N3O4S2/c18-13(15-10-5-7-23(20,21)9-10)8-17-14(19)4-3-11(16-17)12-2-1-6-22-12/h1-4,6,10H,5,7-9H2,(H,15,18)/t10-/m1/s1. The molecule has 2 aromatic rings. The average Bonchev–Trinajstić information content (AvgIpc) is 3.11. The largest absolute Gasteiger partial charge is 0.351 e. The minimum Gasteiger partial charge on any atom is -0.351 e. The second kappa shape index (κ2) is 6.25. The Morgan fingerprint density at radius 1 is 1.39 bits per heavy atom. The highest BCUT2D eigenvalue weighted by Crippen LogP contribution is 2.21. The maximum Gasteiger partial charge on any atom is 0.267 e. The number of hydrogen-bond acceptors (Lipinski definition) is 6. The van der Waals surface area contributed by atoms with E-state index in [1.165, 1.54) is 17.4 Å². The van der Waals surface area contributed by atoms with Gasteiger partial charge in [0.15, 0.2) is 9.84 Å². The Bertz CT molecular complexity index is 872. The number of aromatic nitrogens is 2. The topological polar surface area (TPSA) is 98.1 Å². The van der Waals surface area contributed by atoms with E-state index in [2.05, 4.69) is 10.4 Å². The predicted octanol–water partition coefficient (Wildman–Crippen LogP) is 0.275. The van der Waals surface area contributed by atoms with Gasteiger partial charge in [-0.1, -0.05) is 6.07 Å². The van der Waals surface area contributed by atoms with Crippen LogP contribution in [0.2, 0.25) is 0 Å². The number of sulfone groups is 1. The number of thiophene rings is 1. The van der Waals surface area contributed by atoms with E-state index in [1.807, 2.05) is 17.5 Å². The molecule has 23 heavy (non-hydrogen) atoms. The highest BCUT2D eigenvalue weighted by molar-refractivity contribution is 7.91. The first-order valence-electron chi connectivity index (χ1n) is 7.05. The van der Waals surface area contributed by atoms with Gasteiger partial charge >= 0.3 is 0 Å². The van der Waals surface area contributed by atoms with E-state index in [-0.39, 0.29) is 29.7 Å². The molecule has 3 heterocycles. The first-order valence-corrected chi connectivity index (χ1v) is 9.75. The summed E-state index contributed by atoms with van der Waals surface area (Å²) in [5, 5.41) is 8.75. The molecule has 122 valence electrons. The van der Waals surface area contributed by atoms with Crippen molar-refractivity contribution in [2.75, 3.05) is 11.5 Å². The molecule has 0 saturated carbocycles. The van der Waals surface area contributed by atoms with E-state index in [4.69, 9.17) is 0 Å². The molecule has 1 N–H and O–H groups in total. The maximum absolute atomic E-state index is 12.0. The van der Waals surface area contributed by atoms with Gasteiger partial charge in [0.05, 0.1) is 16.4 Å². The number of nitrogens with zero attached hydrogens (tertiary/aromatic N) is 2. The monoisotopic (exact) mass is 353 g/mol. The number of carbonyl (C=O) groups excluding carboxylic acids is 1. The molecule has 0 bridgehead atoms. The van der Waals surface area contributed by atoms with Gasteiger partial charge in [-0.3, -0.25) is 9.59 Å². The summed E-state index contributed by atoms with van der Waals surface area (Å²) in [7, 11) is -3.06. The van der Waals surface area contributed by atoms with E-state index in [9.17, 15) is 18.0 Å². The molecule has 2 aromatic heterocycles. The van der Waals surface area contributed by atoms with Gasteiger partial charge in [-0.05, 0) is 23.9 Å². The number of amides is 1. The zero-order valence-corrected chi connectivity index (χ0v) is 13.8. The van der Waals surface area contributed by atoms with Crippen molar-refractivity contribution in [1.82, 2.24) is 15.1 Å². The Labute approximate surface area is 136 Å². The molecule has 1 atom stereocenters. The summed E-state index contributed by atoms with van der Waals surface area (Å²) in [5.74, 6) is -0.370. The lowest BCUT2D eigenvalue weighted by Gasteiger charge is -2.11. The lowest BCUT2D eigenvalue weighted by molar-refractivity contribution is -0.122. The van der Waals surface area contributed by atoms with Crippen molar-refractivity contribution in [3.8, 4) is 10.6 Å². The van der Waals surface area contributed by atoms with Crippen LogP contribution in [0, 0.1) is 0 Å². The van der Waals surface area contributed by atoms with Crippen molar-refractivity contribution in [2.45, 2.75) is 19.0 Å². The molecule has 1 fully saturated rings. The van der Waals surface area contributed by atoms with E-state index in [0.29, 0.717) is 12.1 Å². The van der Waals surface area contributed by atoms with Gasteiger partial charge in [0.1, 0.15) is 12.2 Å².